The number of thioether (sulfide) groups is 1. The number of rotatable bonds is 7. The van der Waals surface area contributed by atoms with Crippen LogP contribution >= 0.6 is 11.8 Å². The van der Waals surface area contributed by atoms with Gasteiger partial charge in [0.05, 0.1) is 7.11 Å². The van der Waals surface area contributed by atoms with E-state index in [0.29, 0.717) is 17.8 Å². The number of methoxy groups -OCH3 is 1. The van der Waals surface area contributed by atoms with Crippen LogP contribution in [0.4, 0.5) is 5.69 Å². The molecule has 0 bridgehead atoms. The summed E-state index contributed by atoms with van der Waals surface area (Å²) in [5, 5.41) is 5.90. The molecule has 0 saturated carbocycles. The quantitative estimate of drug-likeness (QED) is 0.630. The Kier molecular flexibility index (Phi) is 7.84. The van der Waals surface area contributed by atoms with Crippen molar-refractivity contribution in [2.75, 3.05) is 25.5 Å². The number of carbonyl (C=O) groups is 3. The van der Waals surface area contributed by atoms with Gasteiger partial charge in [0.25, 0.3) is 11.8 Å². The van der Waals surface area contributed by atoms with Crippen molar-refractivity contribution < 1.29 is 19.1 Å². The SMILES string of the molecule is COc1ccc(CNC(=O)c2cccc(NC(=O)C[C@H]3SC(N4CCCCC4)=NC3=O)c2)cc1. The summed E-state index contributed by atoms with van der Waals surface area (Å²) in [5.41, 5.74) is 1.89. The third-order valence-corrected chi connectivity index (χ3v) is 6.96. The Morgan fingerprint density at radius 2 is 1.88 bits per heavy atom. The number of benzene rings is 2. The van der Waals surface area contributed by atoms with Crippen LogP contribution in [0, 0.1) is 0 Å². The minimum atomic E-state index is -0.507. The van der Waals surface area contributed by atoms with Crippen molar-refractivity contribution >= 4 is 40.3 Å². The lowest BCUT2D eigenvalue weighted by Gasteiger charge is -2.27. The second-order valence-electron chi connectivity index (χ2n) is 8.25. The average Bonchev–Trinajstić information content (AvgIpc) is 3.23. The number of carbonyl (C=O) groups excluding carboxylic acids is 3. The van der Waals surface area contributed by atoms with Gasteiger partial charge >= 0.3 is 0 Å². The highest BCUT2D eigenvalue weighted by Crippen LogP contribution is 2.29. The van der Waals surface area contributed by atoms with E-state index in [-0.39, 0.29) is 24.1 Å². The van der Waals surface area contributed by atoms with E-state index in [2.05, 4.69) is 20.5 Å². The van der Waals surface area contributed by atoms with E-state index >= 15 is 0 Å². The van der Waals surface area contributed by atoms with E-state index < -0.39 is 5.25 Å². The van der Waals surface area contributed by atoms with Crippen molar-refractivity contribution in [1.82, 2.24) is 10.2 Å². The number of ether oxygens (including phenoxy) is 1. The number of amidine groups is 1. The smallest absolute Gasteiger partial charge is 0.262 e. The molecule has 2 aromatic rings. The fourth-order valence-electron chi connectivity index (χ4n) is 3.88. The van der Waals surface area contributed by atoms with Crippen LogP contribution in [0.15, 0.2) is 53.5 Å². The first-order chi connectivity index (χ1) is 16.5. The van der Waals surface area contributed by atoms with Crippen molar-refractivity contribution in [3.8, 4) is 5.75 Å². The molecule has 3 amide bonds. The molecule has 2 aliphatic rings. The van der Waals surface area contributed by atoms with Gasteiger partial charge in [0.15, 0.2) is 5.17 Å². The molecule has 34 heavy (non-hydrogen) atoms. The lowest BCUT2D eigenvalue weighted by Crippen LogP contribution is -2.33. The Bertz CT molecular complexity index is 1080. The van der Waals surface area contributed by atoms with Gasteiger partial charge in [-0.2, -0.15) is 4.99 Å². The van der Waals surface area contributed by atoms with Crippen LogP contribution in [0.1, 0.15) is 41.6 Å². The van der Waals surface area contributed by atoms with Gasteiger partial charge in [0.2, 0.25) is 5.91 Å². The van der Waals surface area contributed by atoms with Crippen LogP contribution in [-0.4, -0.2) is 53.2 Å². The van der Waals surface area contributed by atoms with Crippen molar-refractivity contribution in [2.45, 2.75) is 37.5 Å². The van der Waals surface area contributed by atoms with Crippen molar-refractivity contribution in [1.29, 1.82) is 0 Å². The second-order valence-corrected chi connectivity index (χ2v) is 9.42. The van der Waals surface area contributed by atoms with Crippen LogP contribution in [0.2, 0.25) is 0 Å². The molecule has 4 rings (SSSR count). The summed E-state index contributed by atoms with van der Waals surface area (Å²) in [6, 6.07) is 14.2. The average molecular weight is 481 g/mol. The normalized spacial score (nSPS) is 17.8. The molecule has 9 heteroatoms. The molecule has 2 aromatic carbocycles. The van der Waals surface area contributed by atoms with E-state index in [1.54, 1.807) is 31.4 Å². The summed E-state index contributed by atoms with van der Waals surface area (Å²) in [5.74, 6) is -0.0253. The predicted molar refractivity (Wildman–Crippen MR) is 133 cm³/mol. The highest BCUT2D eigenvalue weighted by atomic mass is 32.2. The van der Waals surface area contributed by atoms with E-state index in [9.17, 15) is 14.4 Å². The number of likely N-dealkylation sites (tertiary alicyclic amines) is 1. The van der Waals surface area contributed by atoms with E-state index in [1.807, 2.05) is 24.3 Å². The van der Waals surface area contributed by atoms with Gasteiger partial charge in [0.1, 0.15) is 11.0 Å². The Labute approximate surface area is 203 Å². The molecule has 0 aliphatic carbocycles. The number of hydrogen-bond donors (Lipinski definition) is 2. The molecular weight excluding hydrogens is 452 g/mol. The Morgan fingerprint density at radius 1 is 1.12 bits per heavy atom. The zero-order chi connectivity index (χ0) is 23.9. The zero-order valence-electron chi connectivity index (χ0n) is 19.1. The molecule has 0 radical (unpaired) electrons. The van der Waals surface area contributed by atoms with Crippen molar-refractivity contribution in [3.05, 3.63) is 59.7 Å². The highest BCUT2D eigenvalue weighted by molar-refractivity contribution is 8.15. The fourth-order valence-corrected chi connectivity index (χ4v) is 4.99. The number of piperidine rings is 1. The molecule has 2 heterocycles. The molecular formula is C25H28N4O4S. The Hall–Kier alpha value is -3.33. The minimum Gasteiger partial charge on any atom is -0.497 e. The third-order valence-electron chi connectivity index (χ3n) is 5.75. The molecule has 2 N–H and O–H groups in total. The lowest BCUT2D eigenvalue weighted by molar-refractivity contribution is -0.121. The monoisotopic (exact) mass is 480 g/mol. The molecule has 0 aromatic heterocycles. The Balaban J connectivity index is 1.28. The zero-order valence-corrected chi connectivity index (χ0v) is 19.9. The van der Waals surface area contributed by atoms with Crippen LogP contribution in [0.5, 0.6) is 5.75 Å². The van der Waals surface area contributed by atoms with Crippen LogP contribution in [-0.2, 0) is 16.1 Å². The summed E-state index contributed by atoms with van der Waals surface area (Å²) in [6.07, 6.45) is 3.44. The van der Waals surface area contributed by atoms with E-state index in [1.165, 1.54) is 18.2 Å². The van der Waals surface area contributed by atoms with Crippen LogP contribution in [0.25, 0.3) is 0 Å². The summed E-state index contributed by atoms with van der Waals surface area (Å²) >= 11 is 1.37. The van der Waals surface area contributed by atoms with Crippen LogP contribution < -0.4 is 15.4 Å². The summed E-state index contributed by atoms with van der Waals surface area (Å²) < 4.78 is 5.14. The summed E-state index contributed by atoms with van der Waals surface area (Å²) in [7, 11) is 1.60. The maximum atomic E-state index is 12.6. The second kappa shape index (κ2) is 11.2. The number of nitrogens with zero attached hydrogens (tertiary/aromatic N) is 2. The Morgan fingerprint density at radius 3 is 2.62 bits per heavy atom. The lowest BCUT2D eigenvalue weighted by atomic mass is 10.1. The number of anilines is 1. The van der Waals surface area contributed by atoms with Gasteiger partial charge in [-0.1, -0.05) is 30.0 Å². The molecule has 8 nitrogen and oxygen atoms in total. The number of nitrogens with one attached hydrogen (secondary N) is 2. The highest BCUT2D eigenvalue weighted by Gasteiger charge is 2.33. The maximum Gasteiger partial charge on any atom is 0.262 e. The summed E-state index contributed by atoms with van der Waals surface area (Å²) in [6.45, 7) is 2.19. The van der Waals surface area contributed by atoms with E-state index in [4.69, 9.17) is 4.74 Å². The van der Waals surface area contributed by atoms with Gasteiger partial charge in [-0.3, -0.25) is 14.4 Å². The molecule has 178 valence electrons. The molecule has 0 spiro atoms. The first-order valence-corrected chi connectivity index (χ1v) is 12.2. The third kappa shape index (κ3) is 6.17. The first-order valence-electron chi connectivity index (χ1n) is 11.4. The van der Waals surface area contributed by atoms with Crippen molar-refractivity contribution in [2.24, 2.45) is 4.99 Å². The van der Waals surface area contributed by atoms with Crippen LogP contribution in [0.3, 0.4) is 0 Å². The maximum absolute atomic E-state index is 12.6. The van der Waals surface area contributed by atoms with Gasteiger partial charge < -0.3 is 20.3 Å². The molecule has 1 saturated heterocycles. The predicted octanol–water partition coefficient (Wildman–Crippen LogP) is 3.44. The minimum absolute atomic E-state index is 0.0399. The summed E-state index contributed by atoms with van der Waals surface area (Å²) in [4.78, 5) is 43.8. The van der Waals surface area contributed by atoms with Gasteiger partial charge in [-0.15, -0.1) is 0 Å². The standard InChI is InChI=1S/C25H28N4O4S/c1-33-20-10-8-17(9-11-20)16-26-23(31)18-6-5-7-19(14-18)27-22(30)15-21-24(32)28-25(34-21)29-12-3-2-4-13-29/h5-11,14,21H,2-4,12-13,15-16H2,1H3,(H,26,31)(H,27,30)/t21-/m1/s1. The largest absolute Gasteiger partial charge is 0.497 e. The van der Waals surface area contributed by atoms with Gasteiger partial charge in [-0.05, 0) is 55.2 Å². The molecule has 1 atom stereocenters. The van der Waals surface area contributed by atoms with Gasteiger partial charge in [-0.25, -0.2) is 0 Å². The first kappa shape index (κ1) is 23.8. The topological polar surface area (TPSA) is 100 Å². The van der Waals surface area contributed by atoms with Crippen molar-refractivity contribution in [3.63, 3.8) is 0 Å². The number of amides is 3. The molecule has 0 unspecified atom stereocenters. The van der Waals surface area contributed by atoms with E-state index in [0.717, 1.165) is 42.4 Å². The fraction of sp³-hybridized carbons (Fsp3) is 0.360. The number of hydrogen-bond acceptors (Lipinski definition) is 6. The number of aliphatic imine (C=N–C) groups is 1. The molecule has 2 aliphatic heterocycles. The molecule has 1 fully saturated rings. The van der Waals surface area contributed by atoms with Gasteiger partial charge in [0, 0.05) is 37.3 Å².